The molecule has 1 fully saturated rings. The lowest BCUT2D eigenvalue weighted by Crippen LogP contribution is -2.02. The van der Waals surface area contributed by atoms with Gasteiger partial charge in [-0.15, -0.1) is 11.3 Å². The number of nitrogens with one attached hydrogen (secondary N) is 1. The van der Waals surface area contributed by atoms with Gasteiger partial charge in [0.15, 0.2) is 0 Å². The van der Waals surface area contributed by atoms with Crippen LogP contribution in [0.5, 0.6) is 0 Å². The highest BCUT2D eigenvalue weighted by molar-refractivity contribution is 7.18. The molecule has 5 heteroatoms. The van der Waals surface area contributed by atoms with E-state index in [9.17, 15) is 4.79 Å². The van der Waals surface area contributed by atoms with E-state index >= 15 is 0 Å². The van der Waals surface area contributed by atoms with Crippen molar-refractivity contribution in [3.8, 4) is 0 Å². The van der Waals surface area contributed by atoms with E-state index < -0.39 is 0 Å². The van der Waals surface area contributed by atoms with Crippen molar-refractivity contribution in [2.75, 3.05) is 18.2 Å². The van der Waals surface area contributed by atoms with Gasteiger partial charge in [-0.1, -0.05) is 13.3 Å². The summed E-state index contributed by atoms with van der Waals surface area (Å²) < 4.78 is 4.67. The number of anilines is 2. The number of carbonyl (C=O) groups is 1. The summed E-state index contributed by atoms with van der Waals surface area (Å²) in [6.07, 6.45) is 3.71. The molecule has 1 aromatic rings. The van der Waals surface area contributed by atoms with Crippen LogP contribution in [0.25, 0.3) is 0 Å². The second-order valence-corrected chi connectivity index (χ2v) is 5.47. The Morgan fingerprint density at radius 3 is 3.12 bits per heavy atom. The molecule has 2 atom stereocenters. The molecule has 3 N–H and O–H groups in total. The number of hydrogen-bond acceptors (Lipinski definition) is 5. The van der Waals surface area contributed by atoms with Crippen LogP contribution in [0.15, 0.2) is 6.07 Å². The van der Waals surface area contributed by atoms with E-state index in [1.807, 2.05) is 6.07 Å². The van der Waals surface area contributed by atoms with E-state index in [2.05, 4.69) is 17.0 Å². The van der Waals surface area contributed by atoms with Gasteiger partial charge < -0.3 is 15.8 Å². The Labute approximate surface area is 105 Å². The summed E-state index contributed by atoms with van der Waals surface area (Å²) in [6, 6.07) is 2.37. The number of nitrogen functional groups attached to an aromatic ring is 1. The molecule has 0 radical (unpaired) electrons. The zero-order chi connectivity index (χ0) is 12.4. The van der Waals surface area contributed by atoms with E-state index in [0.717, 1.165) is 10.9 Å². The first-order chi connectivity index (χ1) is 8.15. The van der Waals surface area contributed by atoms with Crippen molar-refractivity contribution in [3.63, 3.8) is 0 Å². The number of esters is 1. The molecular weight excluding hydrogens is 236 g/mol. The standard InChI is InChI=1S/C12H18N2O2S/c1-3-4-7-5-9(7)14-10-6-8(13)11(17-10)12(15)16-2/h6-7,9,14H,3-5,13H2,1-2H3. The third-order valence-corrected chi connectivity index (χ3v) is 4.10. The maximum Gasteiger partial charge on any atom is 0.350 e. The van der Waals surface area contributed by atoms with Crippen LogP contribution >= 0.6 is 11.3 Å². The molecule has 17 heavy (non-hydrogen) atoms. The van der Waals surface area contributed by atoms with Crippen molar-refractivity contribution in [2.45, 2.75) is 32.2 Å². The summed E-state index contributed by atoms with van der Waals surface area (Å²) in [5.41, 5.74) is 6.27. The molecule has 0 spiro atoms. The lowest BCUT2D eigenvalue weighted by Gasteiger charge is -2.01. The van der Waals surface area contributed by atoms with Gasteiger partial charge in [0.25, 0.3) is 0 Å². The number of rotatable bonds is 5. The third-order valence-electron chi connectivity index (χ3n) is 3.04. The summed E-state index contributed by atoms with van der Waals surface area (Å²) in [5, 5.41) is 4.39. The van der Waals surface area contributed by atoms with E-state index in [-0.39, 0.29) is 5.97 Å². The summed E-state index contributed by atoms with van der Waals surface area (Å²) in [5.74, 6) is 0.423. The minimum Gasteiger partial charge on any atom is -0.465 e. The molecule has 2 unspecified atom stereocenters. The predicted molar refractivity (Wildman–Crippen MR) is 70.5 cm³/mol. The van der Waals surface area contributed by atoms with E-state index in [4.69, 9.17) is 5.73 Å². The predicted octanol–water partition coefficient (Wildman–Crippen LogP) is 2.72. The van der Waals surface area contributed by atoms with Crippen molar-refractivity contribution in [3.05, 3.63) is 10.9 Å². The molecule has 0 aromatic carbocycles. The van der Waals surface area contributed by atoms with E-state index in [0.29, 0.717) is 16.6 Å². The van der Waals surface area contributed by atoms with Gasteiger partial charge in [-0.3, -0.25) is 0 Å². The molecule has 0 aliphatic heterocycles. The Balaban J connectivity index is 1.97. The van der Waals surface area contributed by atoms with Crippen LogP contribution in [0.1, 0.15) is 35.9 Å². The van der Waals surface area contributed by atoms with Crippen LogP contribution in [0, 0.1) is 5.92 Å². The van der Waals surface area contributed by atoms with Crippen molar-refractivity contribution >= 4 is 28.0 Å². The van der Waals surface area contributed by atoms with Gasteiger partial charge >= 0.3 is 5.97 Å². The molecule has 4 nitrogen and oxygen atoms in total. The molecule has 0 saturated heterocycles. The Bertz CT molecular complexity index is 417. The van der Waals surface area contributed by atoms with Gasteiger partial charge in [0.1, 0.15) is 4.88 Å². The second-order valence-electron chi connectivity index (χ2n) is 4.42. The molecule has 1 saturated carbocycles. The third kappa shape index (κ3) is 2.72. The smallest absolute Gasteiger partial charge is 0.350 e. The molecule has 1 heterocycles. The molecule has 2 rings (SSSR count). The van der Waals surface area contributed by atoms with Gasteiger partial charge in [0, 0.05) is 6.04 Å². The second kappa shape index (κ2) is 4.96. The quantitative estimate of drug-likeness (QED) is 0.793. The largest absolute Gasteiger partial charge is 0.465 e. The number of ether oxygens (including phenoxy) is 1. The van der Waals surface area contributed by atoms with Gasteiger partial charge in [-0.25, -0.2) is 4.79 Å². The fraction of sp³-hybridized carbons (Fsp3) is 0.583. The number of methoxy groups -OCH3 is 1. The highest BCUT2D eigenvalue weighted by Gasteiger charge is 2.36. The molecule has 1 aliphatic carbocycles. The molecule has 1 aromatic heterocycles. The van der Waals surface area contributed by atoms with E-state index in [1.165, 1.54) is 37.7 Å². The summed E-state index contributed by atoms with van der Waals surface area (Å²) in [6.45, 7) is 2.20. The van der Waals surface area contributed by atoms with Gasteiger partial charge in [0.05, 0.1) is 17.8 Å². The minimum atomic E-state index is -0.360. The Morgan fingerprint density at radius 1 is 1.71 bits per heavy atom. The molecule has 0 bridgehead atoms. The average Bonchev–Trinajstić information content (AvgIpc) is 2.91. The summed E-state index contributed by atoms with van der Waals surface area (Å²) in [4.78, 5) is 11.9. The van der Waals surface area contributed by atoms with Crippen molar-refractivity contribution in [1.82, 2.24) is 0 Å². The van der Waals surface area contributed by atoms with Crippen LogP contribution < -0.4 is 11.1 Å². The van der Waals surface area contributed by atoms with Crippen LogP contribution in [0.4, 0.5) is 10.7 Å². The van der Waals surface area contributed by atoms with Crippen molar-refractivity contribution < 1.29 is 9.53 Å². The van der Waals surface area contributed by atoms with Gasteiger partial charge in [0.2, 0.25) is 0 Å². The lowest BCUT2D eigenvalue weighted by molar-refractivity contribution is 0.0607. The summed E-state index contributed by atoms with van der Waals surface area (Å²) in [7, 11) is 1.37. The Hall–Kier alpha value is -1.23. The van der Waals surface area contributed by atoms with E-state index in [1.54, 1.807) is 0 Å². The number of thiophene rings is 1. The maximum absolute atomic E-state index is 11.4. The monoisotopic (exact) mass is 254 g/mol. The van der Waals surface area contributed by atoms with Gasteiger partial charge in [-0.05, 0) is 24.8 Å². The minimum absolute atomic E-state index is 0.360. The molecular formula is C12H18N2O2S. The van der Waals surface area contributed by atoms with Crippen LogP contribution in [-0.4, -0.2) is 19.1 Å². The fourth-order valence-electron chi connectivity index (χ4n) is 2.03. The number of carbonyl (C=O) groups excluding carboxylic acids is 1. The molecule has 1 aliphatic rings. The van der Waals surface area contributed by atoms with Crippen molar-refractivity contribution in [2.24, 2.45) is 5.92 Å². The first-order valence-electron chi connectivity index (χ1n) is 5.89. The highest BCUT2D eigenvalue weighted by atomic mass is 32.1. The zero-order valence-corrected chi connectivity index (χ0v) is 11.0. The first kappa shape index (κ1) is 12.2. The van der Waals surface area contributed by atoms with Crippen molar-refractivity contribution in [1.29, 1.82) is 0 Å². The lowest BCUT2D eigenvalue weighted by atomic mass is 10.2. The zero-order valence-electron chi connectivity index (χ0n) is 10.2. The Kier molecular flexibility index (Phi) is 3.57. The maximum atomic E-state index is 11.4. The fourth-order valence-corrected chi connectivity index (χ4v) is 2.98. The topological polar surface area (TPSA) is 64.3 Å². The van der Waals surface area contributed by atoms with Crippen LogP contribution in [0.3, 0.4) is 0 Å². The SMILES string of the molecule is CCCC1CC1Nc1cc(N)c(C(=O)OC)s1. The molecule has 0 amide bonds. The molecule has 94 valence electrons. The normalized spacial score (nSPS) is 22.2. The van der Waals surface area contributed by atoms with Crippen LogP contribution in [0.2, 0.25) is 0 Å². The van der Waals surface area contributed by atoms with Gasteiger partial charge in [-0.2, -0.15) is 0 Å². The number of nitrogens with two attached hydrogens (primary N) is 1. The highest BCUT2D eigenvalue weighted by Crippen LogP contribution is 2.40. The first-order valence-corrected chi connectivity index (χ1v) is 6.71. The van der Waals surface area contributed by atoms with Crippen LogP contribution in [-0.2, 0) is 4.74 Å². The number of hydrogen-bond donors (Lipinski definition) is 2. The Morgan fingerprint density at radius 2 is 2.47 bits per heavy atom. The summed E-state index contributed by atoms with van der Waals surface area (Å²) >= 11 is 1.37. The average molecular weight is 254 g/mol.